The Hall–Kier alpha value is -2.86. The fourth-order valence-corrected chi connectivity index (χ4v) is 2.47. The van der Waals surface area contributed by atoms with Crippen LogP contribution in [-0.2, 0) is 17.9 Å². The number of quaternary nitrogens is 1. The van der Waals surface area contributed by atoms with Gasteiger partial charge in [0.25, 0.3) is 5.91 Å². The molecule has 0 unspecified atom stereocenters. The zero-order valence-corrected chi connectivity index (χ0v) is 13.0. The van der Waals surface area contributed by atoms with Gasteiger partial charge < -0.3 is 19.1 Å². The molecule has 3 aromatic rings. The molecule has 6 heteroatoms. The molecule has 3 rings (SSSR count). The molecular formula is C18H18FN2O3+. The molecule has 0 aliphatic carbocycles. The standard InChI is InChI=1S/C18H17FN2O3/c19-14-5-7-15(8-6-14)20-18(22)13-21(11-16-3-1-9-23-16)12-17-4-2-10-24-17/h1-10H,11-13H2,(H,20,22)/p+1. The van der Waals surface area contributed by atoms with E-state index in [9.17, 15) is 9.18 Å². The van der Waals surface area contributed by atoms with E-state index in [-0.39, 0.29) is 18.3 Å². The summed E-state index contributed by atoms with van der Waals surface area (Å²) in [5.74, 6) is 1.10. The molecule has 5 nitrogen and oxygen atoms in total. The number of rotatable bonds is 7. The van der Waals surface area contributed by atoms with Crippen LogP contribution in [0.25, 0.3) is 0 Å². The van der Waals surface area contributed by atoms with Crippen molar-refractivity contribution in [2.75, 3.05) is 11.9 Å². The highest BCUT2D eigenvalue weighted by Gasteiger charge is 2.18. The molecule has 24 heavy (non-hydrogen) atoms. The van der Waals surface area contributed by atoms with Gasteiger partial charge in [-0.25, -0.2) is 4.39 Å². The molecule has 1 aromatic carbocycles. The highest BCUT2D eigenvalue weighted by Crippen LogP contribution is 2.07. The van der Waals surface area contributed by atoms with Gasteiger partial charge in [-0.05, 0) is 48.5 Å². The number of anilines is 1. The minimum Gasteiger partial charge on any atom is -0.463 e. The number of halogens is 1. The van der Waals surface area contributed by atoms with Gasteiger partial charge in [0.15, 0.2) is 18.1 Å². The fraction of sp³-hybridized carbons (Fsp3) is 0.167. The minimum absolute atomic E-state index is 0.158. The van der Waals surface area contributed by atoms with Gasteiger partial charge >= 0.3 is 0 Å². The number of carbonyl (C=O) groups is 1. The van der Waals surface area contributed by atoms with E-state index in [1.807, 2.05) is 24.3 Å². The Morgan fingerprint density at radius 1 is 0.958 bits per heavy atom. The highest BCUT2D eigenvalue weighted by molar-refractivity contribution is 5.91. The molecule has 1 amide bonds. The van der Waals surface area contributed by atoms with Gasteiger partial charge in [-0.2, -0.15) is 0 Å². The molecule has 0 bridgehead atoms. The largest absolute Gasteiger partial charge is 0.463 e. The summed E-state index contributed by atoms with van der Waals surface area (Å²) in [5, 5.41) is 2.77. The number of hydrogen-bond donors (Lipinski definition) is 2. The first-order chi connectivity index (χ1) is 11.7. The molecule has 0 aliphatic heterocycles. The maximum absolute atomic E-state index is 12.9. The van der Waals surface area contributed by atoms with Gasteiger partial charge in [0.1, 0.15) is 18.9 Å². The van der Waals surface area contributed by atoms with Crippen LogP contribution in [-0.4, -0.2) is 12.5 Å². The Kier molecular flexibility index (Phi) is 5.08. The van der Waals surface area contributed by atoms with Crippen molar-refractivity contribution in [1.82, 2.24) is 0 Å². The SMILES string of the molecule is O=C(C[NH+](Cc1ccco1)Cc1ccco1)Nc1ccc(F)cc1. The zero-order chi connectivity index (χ0) is 16.8. The van der Waals surface area contributed by atoms with E-state index in [1.165, 1.54) is 24.3 Å². The number of nitrogens with one attached hydrogen (secondary N) is 2. The third-order valence-corrected chi connectivity index (χ3v) is 3.55. The summed E-state index contributed by atoms with van der Waals surface area (Å²) >= 11 is 0. The van der Waals surface area contributed by atoms with E-state index < -0.39 is 0 Å². The average Bonchev–Trinajstić information content (AvgIpc) is 3.23. The summed E-state index contributed by atoms with van der Waals surface area (Å²) in [6.45, 7) is 1.36. The van der Waals surface area contributed by atoms with Gasteiger partial charge in [0.2, 0.25) is 0 Å². The van der Waals surface area contributed by atoms with Gasteiger partial charge in [-0.3, -0.25) is 4.79 Å². The second kappa shape index (κ2) is 7.61. The van der Waals surface area contributed by atoms with Crippen molar-refractivity contribution >= 4 is 11.6 Å². The predicted octanol–water partition coefficient (Wildman–Crippen LogP) is 2.24. The lowest BCUT2D eigenvalue weighted by molar-refractivity contribution is -0.921. The van der Waals surface area contributed by atoms with Crippen LogP contribution in [0.2, 0.25) is 0 Å². The molecular weight excluding hydrogens is 311 g/mol. The van der Waals surface area contributed by atoms with Crippen molar-refractivity contribution in [1.29, 1.82) is 0 Å². The molecule has 0 atom stereocenters. The van der Waals surface area contributed by atoms with E-state index in [0.717, 1.165) is 16.4 Å². The molecule has 0 saturated heterocycles. The first-order valence-electron chi connectivity index (χ1n) is 7.63. The topological polar surface area (TPSA) is 59.8 Å². The van der Waals surface area contributed by atoms with Gasteiger partial charge in [-0.1, -0.05) is 0 Å². The molecule has 0 aliphatic rings. The molecule has 0 spiro atoms. The van der Waals surface area contributed by atoms with Gasteiger partial charge in [-0.15, -0.1) is 0 Å². The lowest BCUT2D eigenvalue weighted by Crippen LogP contribution is -3.10. The normalized spacial score (nSPS) is 10.9. The molecule has 2 N–H and O–H groups in total. The van der Waals surface area contributed by atoms with Crippen molar-refractivity contribution in [3.63, 3.8) is 0 Å². The van der Waals surface area contributed by atoms with Crippen LogP contribution in [0, 0.1) is 5.82 Å². The lowest BCUT2D eigenvalue weighted by atomic mass is 10.3. The van der Waals surface area contributed by atoms with E-state index in [2.05, 4.69) is 5.32 Å². The van der Waals surface area contributed by atoms with Crippen molar-refractivity contribution in [3.05, 3.63) is 78.4 Å². The van der Waals surface area contributed by atoms with Crippen LogP contribution >= 0.6 is 0 Å². The molecule has 0 saturated carbocycles. The van der Waals surface area contributed by atoms with Crippen LogP contribution in [0.15, 0.2) is 69.9 Å². The molecule has 124 valence electrons. The van der Waals surface area contributed by atoms with Crippen molar-refractivity contribution < 1.29 is 22.9 Å². The summed E-state index contributed by atoms with van der Waals surface area (Å²) < 4.78 is 23.7. The second-order valence-electron chi connectivity index (χ2n) is 5.49. The Morgan fingerprint density at radius 3 is 2.04 bits per heavy atom. The van der Waals surface area contributed by atoms with Crippen LogP contribution < -0.4 is 10.2 Å². The molecule has 0 fully saturated rings. The quantitative estimate of drug-likeness (QED) is 0.699. The third-order valence-electron chi connectivity index (χ3n) is 3.55. The first kappa shape index (κ1) is 16.0. The van der Waals surface area contributed by atoms with Crippen molar-refractivity contribution in [2.45, 2.75) is 13.1 Å². The number of carbonyl (C=O) groups excluding carboxylic acids is 1. The van der Waals surface area contributed by atoms with Crippen LogP contribution in [0.3, 0.4) is 0 Å². The number of hydrogen-bond acceptors (Lipinski definition) is 3. The third kappa shape index (κ3) is 4.57. The molecule has 0 radical (unpaired) electrons. The predicted molar refractivity (Wildman–Crippen MR) is 85.7 cm³/mol. The maximum Gasteiger partial charge on any atom is 0.279 e. The Labute approximate surface area is 138 Å². The average molecular weight is 329 g/mol. The minimum atomic E-state index is -0.337. The highest BCUT2D eigenvalue weighted by atomic mass is 19.1. The monoisotopic (exact) mass is 329 g/mol. The lowest BCUT2D eigenvalue weighted by Gasteiger charge is -2.17. The fourth-order valence-electron chi connectivity index (χ4n) is 2.47. The van der Waals surface area contributed by atoms with E-state index in [0.29, 0.717) is 18.8 Å². The summed E-state index contributed by atoms with van der Waals surface area (Å²) in [7, 11) is 0. The Bertz CT molecular complexity index is 716. The number of furan rings is 2. The van der Waals surface area contributed by atoms with Crippen LogP contribution in [0.4, 0.5) is 10.1 Å². The number of benzene rings is 1. The van der Waals surface area contributed by atoms with E-state index >= 15 is 0 Å². The summed E-state index contributed by atoms with van der Waals surface area (Å²) in [5.41, 5.74) is 0.566. The first-order valence-corrected chi connectivity index (χ1v) is 7.63. The Balaban J connectivity index is 1.63. The summed E-state index contributed by atoms with van der Waals surface area (Å²) in [6.07, 6.45) is 3.22. The van der Waals surface area contributed by atoms with Gasteiger partial charge in [0.05, 0.1) is 12.5 Å². The maximum atomic E-state index is 12.9. The van der Waals surface area contributed by atoms with Crippen LogP contribution in [0.5, 0.6) is 0 Å². The molecule has 2 heterocycles. The van der Waals surface area contributed by atoms with Crippen molar-refractivity contribution in [2.24, 2.45) is 0 Å². The molecule has 2 aromatic heterocycles. The second-order valence-corrected chi connectivity index (χ2v) is 5.49. The van der Waals surface area contributed by atoms with E-state index in [4.69, 9.17) is 8.83 Å². The summed E-state index contributed by atoms with van der Waals surface area (Å²) in [4.78, 5) is 13.2. The van der Waals surface area contributed by atoms with E-state index in [1.54, 1.807) is 12.5 Å². The Morgan fingerprint density at radius 2 is 1.54 bits per heavy atom. The zero-order valence-electron chi connectivity index (χ0n) is 13.0. The number of amides is 1. The van der Waals surface area contributed by atoms with Crippen molar-refractivity contribution in [3.8, 4) is 0 Å². The summed E-state index contributed by atoms with van der Waals surface area (Å²) in [6, 6.07) is 13.1. The van der Waals surface area contributed by atoms with Crippen LogP contribution in [0.1, 0.15) is 11.5 Å². The van der Waals surface area contributed by atoms with Gasteiger partial charge in [0, 0.05) is 5.69 Å². The smallest absolute Gasteiger partial charge is 0.279 e.